The second-order valence-electron chi connectivity index (χ2n) is 6.40. The fourth-order valence-corrected chi connectivity index (χ4v) is 3.41. The van der Waals surface area contributed by atoms with Crippen LogP contribution in [0.2, 0.25) is 0 Å². The molecule has 1 amide bonds. The lowest BCUT2D eigenvalue weighted by Crippen LogP contribution is -2.13. The zero-order valence-corrected chi connectivity index (χ0v) is 16.9. The average molecular weight is 464 g/mol. The van der Waals surface area contributed by atoms with Crippen LogP contribution in [0.1, 0.15) is 15.9 Å². The highest BCUT2D eigenvalue weighted by molar-refractivity contribution is 14.1. The molecule has 0 spiro atoms. The van der Waals surface area contributed by atoms with E-state index in [2.05, 4.69) is 47.0 Å². The molecule has 1 N–H and O–H groups in total. The zero-order chi connectivity index (χ0) is 18.8. The van der Waals surface area contributed by atoms with Crippen LogP contribution in [0.15, 0.2) is 78.9 Å². The molecule has 0 bridgehead atoms. The van der Waals surface area contributed by atoms with Gasteiger partial charge < -0.3 is 5.32 Å². The SMILES string of the molecule is Cc1cccc(-c2cc(C(=O)Nc3ccc(I)cc3)c3ccccc3n2)c1. The molecule has 1 aromatic heterocycles. The minimum Gasteiger partial charge on any atom is -0.322 e. The Morgan fingerprint density at radius 3 is 2.48 bits per heavy atom. The average Bonchev–Trinajstić information content (AvgIpc) is 2.69. The highest BCUT2D eigenvalue weighted by Crippen LogP contribution is 2.26. The summed E-state index contributed by atoms with van der Waals surface area (Å²) in [6.45, 7) is 2.05. The summed E-state index contributed by atoms with van der Waals surface area (Å²) in [6, 6.07) is 25.5. The number of hydrogen-bond donors (Lipinski definition) is 1. The molecular weight excluding hydrogens is 447 g/mol. The van der Waals surface area contributed by atoms with Crippen LogP contribution in [0.5, 0.6) is 0 Å². The topological polar surface area (TPSA) is 42.0 Å². The summed E-state index contributed by atoms with van der Waals surface area (Å²) in [5, 5.41) is 3.84. The molecule has 132 valence electrons. The van der Waals surface area contributed by atoms with Gasteiger partial charge in [0.2, 0.25) is 0 Å². The number of anilines is 1. The second kappa shape index (κ2) is 7.48. The van der Waals surface area contributed by atoms with E-state index in [1.807, 2.05) is 66.7 Å². The molecule has 4 aromatic rings. The van der Waals surface area contributed by atoms with Crippen LogP contribution < -0.4 is 5.32 Å². The van der Waals surface area contributed by atoms with E-state index in [1.54, 1.807) is 0 Å². The van der Waals surface area contributed by atoms with Crippen molar-refractivity contribution >= 4 is 45.1 Å². The summed E-state index contributed by atoms with van der Waals surface area (Å²) in [6.07, 6.45) is 0. The van der Waals surface area contributed by atoms with E-state index in [0.29, 0.717) is 5.56 Å². The first-order chi connectivity index (χ1) is 13.1. The third-order valence-electron chi connectivity index (χ3n) is 4.38. The molecule has 1 heterocycles. The van der Waals surface area contributed by atoms with Crippen molar-refractivity contribution in [3.8, 4) is 11.3 Å². The molecule has 0 atom stereocenters. The minimum atomic E-state index is -0.135. The van der Waals surface area contributed by atoms with Gasteiger partial charge in [0.15, 0.2) is 0 Å². The lowest BCUT2D eigenvalue weighted by molar-refractivity contribution is 0.102. The van der Waals surface area contributed by atoms with Crippen LogP contribution in [-0.2, 0) is 0 Å². The van der Waals surface area contributed by atoms with Gasteiger partial charge in [-0.05, 0) is 72.0 Å². The molecular formula is C23H17IN2O. The Kier molecular flexibility index (Phi) is 4.90. The smallest absolute Gasteiger partial charge is 0.256 e. The van der Waals surface area contributed by atoms with Crippen LogP contribution in [-0.4, -0.2) is 10.9 Å². The molecule has 4 heteroatoms. The minimum absolute atomic E-state index is 0.135. The summed E-state index contributed by atoms with van der Waals surface area (Å²) < 4.78 is 1.13. The number of nitrogens with one attached hydrogen (secondary N) is 1. The molecule has 0 saturated carbocycles. The molecule has 0 aliphatic heterocycles. The van der Waals surface area contributed by atoms with Crippen molar-refractivity contribution in [1.82, 2.24) is 4.98 Å². The maximum atomic E-state index is 13.0. The van der Waals surface area contributed by atoms with Crippen molar-refractivity contribution in [2.75, 3.05) is 5.32 Å². The fraction of sp³-hybridized carbons (Fsp3) is 0.0435. The number of carbonyl (C=O) groups is 1. The van der Waals surface area contributed by atoms with E-state index in [9.17, 15) is 4.79 Å². The first-order valence-corrected chi connectivity index (χ1v) is 9.72. The van der Waals surface area contributed by atoms with Gasteiger partial charge >= 0.3 is 0 Å². The maximum Gasteiger partial charge on any atom is 0.256 e. The normalized spacial score (nSPS) is 10.7. The summed E-state index contributed by atoms with van der Waals surface area (Å²) in [5.41, 5.74) is 5.17. The van der Waals surface area contributed by atoms with E-state index in [0.717, 1.165) is 37.0 Å². The summed E-state index contributed by atoms with van der Waals surface area (Å²) in [5.74, 6) is -0.135. The lowest BCUT2D eigenvalue weighted by atomic mass is 10.0. The molecule has 0 aliphatic carbocycles. The van der Waals surface area contributed by atoms with Gasteiger partial charge in [0.1, 0.15) is 0 Å². The predicted molar refractivity (Wildman–Crippen MR) is 119 cm³/mol. The number of para-hydroxylation sites is 1. The van der Waals surface area contributed by atoms with Crippen molar-refractivity contribution in [3.63, 3.8) is 0 Å². The van der Waals surface area contributed by atoms with Gasteiger partial charge in [-0.1, -0.05) is 42.0 Å². The molecule has 0 radical (unpaired) electrons. The monoisotopic (exact) mass is 464 g/mol. The van der Waals surface area contributed by atoms with Crippen molar-refractivity contribution in [2.24, 2.45) is 0 Å². The largest absolute Gasteiger partial charge is 0.322 e. The van der Waals surface area contributed by atoms with Gasteiger partial charge in [-0.2, -0.15) is 0 Å². The third kappa shape index (κ3) is 3.85. The highest BCUT2D eigenvalue weighted by atomic mass is 127. The molecule has 27 heavy (non-hydrogen) atoms. The Balaban J connectivity index is 1.80. The quantitative estimate of drug-likeness (QED) is 0.374. The van der Waals surface area contributed by atoms with Crippen LogP contribution in [0.4, 0.5) is 5.69 Å². The van der Waals surface area contributed by atoms with Crippen molar-refractivity contribution in [1.29, 1.82) is 0 Å². The van der Waals surface area contributed by atoms with Gasteiger partial charge in [-0.15, -0.1) is 0 Å². The molecule has 0 aliphatic rings. The van der Waals surface area contributed by atoms with Crippen LogP contribution in [0.25, 0.3) is 22.2 Å². The summed E-state index contributed by atoms with van der Waals surface area (Å²) >= 11 is 2.25. The molecule has 3 aromatic carbocycles. The van der Waals surface area contributed by atoms with Gasteiger partial charge in [-0.3, -0.25) is 4.79 Å². The summed E-state index contributed by atoms with van der Waals surface area (Å²) in [7, 11) is 0. The van der Waals surface area contributed by atoms with Gasteiger partial charge in [0.05, 0.1) is 16.8 Å². The zero-order valence-electron chi connectivity index (χ0n) is 14.7. The Hall–Kier alpha value is -2.73. The molecule has 0 fully saturated rings. The predicted octanol–water partition coefficient (Wildman–Crippen LogP) is 6.07. The third-order valence-corrected chi connectivity index (χ3v) is 5.10. The van der Waals surface area contributed by atoms with E-state index in [1.165, 1.54) is 0 Å². The summed E-state index contributed by atoms with van der Waals surface area (Å²) in [4.78, 5) is 17.8. The van der Waals surface area contributed by atoms with Gasteiger partial charge in [0.25, 0.3) is 5.91 Å². The number of nitrogens with zero attached hydrogens (tertiary/aromatic N) is 1. The number of hydrogen-bond acceptors (Lipinski definition) is 2. The maximum absolute atomic E-state index is 13.0. The van der Waals surface area contributed by atoms with E-state index < -0.39 is 0 Å². The van der Waals surface area contributed by atoms with Crippen LogP contribution in [0, 0.1) is 10.5 Å². The van der Waals surface area contributed by atoms with E-state index >= 15 is 0 Å². The lowest BCUT2D eigenvalue weighted by Gasteiger charge is -2.11. The van der Waals surface area contributed by atoms with Crippen LogP contribution >= 0.6 is 22.6 Å². The van der Waals surface area contributed by atoms with Gasteiger partial charge in [-0.25, -0.2) is 4.98 Å². The number of benzene rings is 3. The Morgan fingerprint density at radius 2 is 1.70 bits per heavy atom. The number of aryl methyl sites for hydroxylation is 1. The Bertz CT molecular complexity index is 1140. The number of halogens is 1. The fourth-order valence-electron chi connectivity index (χ4n) is 3.05. The highest BCUT2D eigenvalue weighted by Gasteiger charge is 2.14. The molecule has 0 saturated heterocycles. The molecule has 0 unspecified atom stereocenters. The van der Waals surface area contributed by atoms with Crippen molar-refractivity contribution in [2.45, 2.75) is 6.92 Å². The first-order valence-electron chi connectivity index (χ1n) is 8.64. The number of fused-ring (bicyclic) bond motifs is 1. The second-order valence-corrected chi connectivity index (χ2v) is 7.65. The van der Waals surface area contributed by atoms with E-state index in [-0.39, 0.29) is 5.91 Å². The number of aromatic nitrogens is 1. The molecule has 4 rings (SSSR count). The number of amides is 1. The number of pyridine rings is 1. The van der Waals surface area contributed by atoms with E-state index in [4.69, 9.17) is 4.98 Å². The number of carbonyl (C=O) groups excluding carboxylic acids is 1. The Morgan fingerprint density at radius 1 is 0.926 bits per heavy atom. The number of rotatable bonds is 3. The standard InChI is InChI=1S/C23H17IN2O/c1-15-5-4-6-16(13-15)22-14-20(19-7-2-3-8-21(19)26-22)23(27)25-18-11-9-17(24)10-12-18/h2-14H,1H3,(H,25,27). The van der Waals surface area contributed by atoms with Crippen LogP contribution in [0.3, 0.4) is 0 Å². The van der Waals surface area contributed by atoms with Crippen molar-refractivity contribution < 1.29 is 4.79 Å². The van der Waals surface area contributed by atoms with Gasteiger partial charge in [0, 0.05) is 20.2 Å². The Labute approximate surface area is 171 Å². The van der Waals surface area contributed by atoms with Crippen molar-refractivity contribution in [3.05, 3.63) is 93.6 Å². The first kappa shape index (κ1) is 17.7. The molecule has 3 nitrogen and oxygen atoms in total.